The second-order valence-corrected chi connectivity index (χ2v) is 4.73. The van der Waals surface area contributed by atoms with Crippen molar-refractivity contribution in [2.75, 3.05) is 6.61 Å². The Morgan fingerprint density at radius 1 is 0.812 bits per heavy atom. The van der Waals surface area contributed by atoms with E-state index in [1.165, 1.54) is 32.1 Å². The largest absolute Gasteiger partial charge is 0.396 e. The van der Waals surface area contributed by atoms with Gasteiger partial charge in [-0.2, -0.15) is 0 Å². The molecule has 0 rings (SSSR count). The molecule has 0 radical (unpaired) electrons. The maximum atomic E-state index is 13.1. The van der Waals surface area contributed by atoms with Crippen LogP contribution in [0.15, 0.2) is 0 Å². The third kappa shape index (κ3) is 12.0. The van der Waals surface area contributed by atoms with E-state index in [9.17, 15) is 4.39 Å². The van der Waals surface area contributed by atoms with Crippen molar-refractivity contribution in [3.8, 4) is 0 Å². The van der Waals surface area contributed by atoms with E-state index in [2.05, 4.69) is 0 Å². The summed E-state index contributed by atoms with van der Waals surface area (Å²) < 4.78 is 13.1. The molecule has 16 heavy (non-hydrogen) atoms. The second kappa shape index (κ2) is 13.0. The quantitative estimate of drug-likeness (QED) is 0.486. The summed E-state index contributed by atoms with van der Waals surface area (Å²) >= 11 is 0. The molecule has 0 aromatic rings. The minimum Gasteiger partial charge on any atom is -0.396 e. The molecule has 0 aliphatic heterocycles. The van der Waals surface area contributed by atoms with Crippen LogP contribution >= 0.6 is 0 Å². The van der Waals surface area contributed by atoms with Gasteiger partial charge >= 0.3 is 0 Å². The van der Waals surface area contributed by atoms with Crippen LogP contribution in [0.2, 0.25) is 0 Å². The lowest BCUT2D eigenvalue weighted by Gasteiger charge is -2.06. The molecule has 0 saturated heterocycles. The van der Waals surface area contributed by atoms with E-state index in [4.69, 9.17) is 5.11 Å². The molecule has 0 aliphatic rings. The fourth-order valence-electron chi connectivity index (χ4n) is 2.00. The van der Waals surface area contributed by atoms with Crippen LogP contribution in [0.1, 0.15) is 77.6 Å². The van der Waals surface area contributed by atoms with Crippen molar-refractivity contribution in [3.63, 3.8) is 0 Å². The van der Waals surface area contributed by atoms with Crippen LogP contribution in [0.3, 0.4) is 0 Å². The zero-order valence-corrected chi connectivity index (χ0v) is 10.9. The number of halogens is 1. The summed E-state index contributed by atoms with van der Waals surface area (Å²) in [4.78, 5) is 0. The van der Waals surface area contributed by atoms with Crippen LogP contribution < -0.4 is 0 Å². The van der Waals surface area contributed by atoms with Gasteiger partial charge in [-0.05, 0) is 19.3 Å². The van der Waals surface area contributed by atoms with Crippen LogP contribution in [-0.2, 0) is 0 Å². The summed E-state index contributed by atoms with van der Waals surface area (Å²) in [5, 5.41) is 8.60. The topological polar surface area (TPSA) is 20.2 Å². The fraction of sp³-hybridized carbons (Fsp3) is 1.00. The summed E-state index contributed by atoms with van der Waals surface area (Å²) in [7, 11) is 0. The summed E-state index contributed by atoms with van der Waals surface area (Å²) in [6.07, 6.45) is 11.3. The first-order valence-corrected chi connectivity index (χ1v) is 7.06. The molecule has 0 spiro atoms. The molecule has 0 aliphatic carbocycles. The molecule has 0 amide bonds. The highest BCUT2D eigenvalue weighted by atomic mass is 19.1. The first-order valence-electron chi connectivity index (χ1n) is 7.06. The SMILES string of the molecule is CCCC(F)CCCCCCCCCCO. The molecule has 2 heteroatoms. The molecule has 0 saturated carbocycles. The van der Waals surface area contributed by atoms with Crippen molar-refractivity contribution in [3.05, 3.63) is 0 Å². The Morgan fingerprint density at radius 3 is 1.81 bits per heavy atom. The number of aliphatic hydroxyl groups is 1. The lowest BCUT2D eigenvalue weighted by molar-refractivity contribution is 0.281. The Hall–Kier alpha value is -0.110. The van der Waals surface area contributed by atoms with Gasteiger partial charge in [-0.1, -0.05) is 58.3 Å². The first kappa shape index (κ1) is 15.9. The number of aliphatic hydroxyl groups excluding tert-OH is 1. The van der Waals surface area contributed by atoms with E-state index in [0.29, 0.717) is 6.61 Å². The molecule has 1 unspecified atom stereocenters. The summed E-state index contributed by atoms with van der Waals surface area (Å²) in [5.41, 5.74) is 0. The van der Waals surface area contributed by atoms with Gasteiger partial charge in [0.1, 0.15) is 6.17 Å². The zero-order valence-electron chi connectivity index (χ0n) is 10.9. The predicted octanol–water partition coefficient (Wildman–Crippen LogP) is 4.63. The van der Waals surface area contributed by atoms with Crippen molar-refractivity contribution in [2.24, 2.45) is 0 Å². The van der Waals surface area contributed by atoms with Crippen molar-refractivity contribution in [2.45, 2.75) is 83.7 Å². The molecule has 0 bridgehead atoms. The highest BCUT2D eigenvalue weighted by molar-refractivity contribution is 4.55. The Labute approximate surface area is 100 Å². The van der Waals surface area contributed by atoms with Gasteiger partial charge in [-0.15, -0.1) is 0 Å². The van der Waals surface area contributed by atoms with Crippen molar-refractivity contribution >= 4 is 0 Å². The lowest BCUT2D eigenvalue weighted by Crippen LogP contribution is -1.98. The standard InChI is InChI=1S/C14H29FO/c1-2-11-14(15)12-9-7-5-3-4-6-8-10-13-16/h14,16H,2-13H2,1H3. The van der Waals surface area contributed by atoms with Crippen LogP contribution in [0.4, 0.5) is 4.39 Å². The van der Waals surface area contributed by atoms with E-state index in [-0.39, 0.29) is 0 Å². The summed E-state index contributed by atoms with van der Waals surface area (Å²) in [5.74, 6) is 0. The van der Waals surface area contributed by atoms with Crippen LogP contribution in [0.5, 0.6) is 0 Å². The molecule has 0 aromatic heterocycles. The molecule has 1 nitrogen and oxygen atoms in total. The van der Waals surface area contributed by atoms with Gasteiger partial charge in [0.05, 0.1) is 0 Å². The van der Waals surface area contributed by atoms with Gasteiger partial charge in [0, 0.05) is 6.61 Å². The maximum absolute atomic E-state index is 13.1. The smallest absolute Gasteiger partial charge is 0.100 e. The highest BCUT2D eigenvalue weighted by Gasteiger charge is 2.03. The van der Waals surface area contributed by atoms with Gasteiger partial charge in [0.25, 0.3) is 0 Å². The second-order valence-electron chi connectivity index (χ2n) is 4.73. The van der Waals surface area contributed by atoms with Crippen LogP contribution in [-0.4, -0.2) is 17.9 Å². The van der Waals surface area contributed by atoms with Crippen molar-refractivity contribution < 1.29 is 9.50 Å². The molecule has 0 fully saturated rings. The number of hydrogen-bond donors (Lipinski definition) is 1. The molecular weight excluding hydrogens is 203 g/mol. The van der Waals surface area contributed by atoms with E-state index in [0.717, 1.165) is 38.5 Å². The number of rotatable bonds is 12. The third-order valence-corrected chi connectivity index (χ3v) is 3.03. The van der Waals surface area contributed by atoms with Gasteiger partial charge < -0.3 is 5.11 Å². The summed E-state index contributed by atoms with van der Waals surface area (Å²) in [6.45, 7) is 2.37. The molecule has 98 valence electrons. The van der Waals surface area contributed by atoms with E-state index in [1.54, 1.807) is 0 Å². The monoisotopic (exact) mass is 232 g/mol. The van der Waals surface area contributed by atoms with Gasteiger partial charge in [-0.3, -0.25) is 0 Å². The van der Waals surface area contributed by atoms with Gasteiger partial charge in [0.2, 0.25) is 0 Å². The first-order chi connectivity index (χ1) is 7.81. The minimum atomic E-state index is -0.561. The zero-order chi connectivity index (χ0) is 12.1. The Kier molecular flexibility index (Phi) is 12.9. The van der Waals surface area contributed by atoms with Crippen LogP contribution in [0.25, 0.3) is 0 Å². The Morgan fingerprint density at radius 2 is 1.31 bits per heavy atom. The molecular formula is C14H29FO. The third-order valence-electron chi connectivity index (χ3n) is 3.03. The van der Waals surface area contributed by atoms with E-state index in [1.807, 2.05) is 6.92 Å². The fourth-order valence-corrected chi connectivity index (χ4v) is 2.00. The maximum Gasteiger partial charge on any atom is 0.100 e. The van der Waals surface area contributed by atoms with Gasteiger partial charge in [0.15, 0.2) is 0 Å². The average molecular weight is 232 g/mol. The highest BCUT2D eigenvalue weighted by Crippen LogP contribution is 2.14. The predicted molar refractivity (Wildman–Crippen MR) is 68.4 cm³/mol. The molecule has 1 atom stereocenters. The normalized spacial score (nSPS) is 12.9. The van der Waals surface area contributed by atoms with Crippen molar-refractivity contribution in [1.29, 1.82) is 0 Å². The number of hydrogen-bond acceptors (Lipinski definition) is 1. The molecule has 0 heterocycles. The number of unbranched alkanes of at least 4 members (excludes halogenated alkanes) is 7. The number of alkyl halides is 1. The van der Waals surface area contributed by atoms with E-state index >= 15 is 0 Å². The van der Waals surface area contributed by atoms with Crippen LogP contribution in [0, 0.1) is 0 Å². The van der Waals surface area contributed by atoms with Gasteiger partial charge in [-0.25, -0.2) is 4.39 Å². The lowest BCUT2D eigenvalue weighted by atomic mass is 10.0. The summed E-state index contributed by atoms with van der Waals surface area (Å²) in [6, 6.07) is 0. The Balaban J connectivity index is 2.98. The average Bonchev–Trinajstić information content (AvgIpc) is 2.27. The minimum absolute atomic E-state index is 0.329. The van der Waals surface area contributed by atoms with Crippen molar-refractivity contribution in [1.82, 2.24) is 0 Å². The molecule has 1 N–H and O–H groups in total. The molecule has 0 aromatic carbocycles. The van der Waals surface area contributed by atoms with E-state index < -0.39 is 6.17 Å². The Bertz CT molecular complexity index is 128.